The molecule has 0 spiro atoms. The van der Waals surface area contributed by atoms with Gasteiger partial charge >= 0.3 is 0 Å². The van der Waals surface area contributed by atoms with E-state index in [0.717, 1.165) is 21.0 Å². The van der Waals surface area contributed by atoms with Crippen LogP contribution in [-0.4, -0.2) is 9.97 Å². The van der Waals surface area contributed by atoms with Crippen molar-refractivity contribution >= 4 is 38.6 Å². The zero-order valence-electron chi connectivity index (χ0n) is 15.4. The molecule has 3 aromatic heterocycles. The summed E-state index contributed by atoms with van der Waals surface area (Å²) in [5, 5.41) is 8.17. The third-order valence-electron chi connectivity index (χ3n) is 4.60. The third-order valence-corrected chi connectivity index (χ3v) is 6.37. The molecule has 4 aromatic rings. The topological polar surface area (TPSA) is 57.8 Å². The second-order valence-electron chi connectivity index (χ2n) is 6.90. The summed E-state index contributed by atoms with van der Waals surface area (Å²) >= 11 is 3.15. The van der Waals surface area contributed by atoms with E-state index >= 15 is 0 Å². The van der Waals surface area contributed by atoms with Crippen LogP contribution in [0.25, 0.3) is 20.7 Å². The van der Waals surface area contributed by atoms with Gasteiger partial charge in [-0.25, -0.2) is 4.98 Å². The molecule has 0 saturated carbocycles. The highest BCUT2D eigenvalue weighted by Crippen LogP contribution is 2.34. The average molecular weight is 396 g/mol. The van der Waals surface area contributed by atoms with Crippen molar-refractivity contribution in [2.45, 2.75) is 32.7 Å². The van der Waals surface area contributed by atoms with Crippen molar-refractivity contribution in [1.82, 2.24) is 9.97 Å². The van der Waals surface area contributed by atoms with Crippen LogP contribution in [0.3, 0.4) is 0 Å². The molecule has 27 heavy (non-hydrogen) atoms. The Morgan fingerprint density at radius 1 is 1.11 bits per heavy atom. The Morgan fingerprint density at radius 3 is 2.70 bits per heavy atom. The number of aromatic nitrogens is 2. The maximum atomic E-state index is 12.8. The Morgan fingerprint density at radius 2 is 1.96 bits per heavy atom. The van der Waals surface area contributed by atoms with E-state index in [1.807, 2.05) is 35.9 Å². The number of aromatic amines is 1. The average Bonchev–Trinajstić information content (AvgIpc) is 3.31. The number of thiophene rings is 2. The van der Waals surface area contributed by atoms with Crippen LogP contribution >= 0.6 is 22.7 Å². The van der Waals surface area contributed by atoms with Gasteiger partial charge in [-0.1, -0.05) is 32.0 Å². The van der Waals surface area contributed by atoms with Gasteiger partial charge in [-0.2, -0.15) is 0 Å². The van der Waals surface area contributed by atoms with Crippen LogP contribution in [0, 0.1) is 0 Å². The first-order chi connectivity index (χ1) is 13.0. The Labute approximate surface area is 165 Å². The van der Waals surface area contributed by atoms with Crippen LogP contribution in [-0.2, 0) is 0 Å². The fourth-order valence-electron chi connectivity index (χ4n) is 3.09. The lowest BCUT2D eigenvalue weighted by Crippen LogP contribution is -2.17. The van der Waals surface area contributed by atoms with Gasteiger partial charge in [-0.3, -0.25) is 4.79 Å². The van der Waals surface area contributed by atoms with Gasteiger partial charge in [-0.15, -0.1) is 22.7 Å². The van der Waals surface area contributed by atoms with E-state index in [1.54, 1.807) is 11.3 Å². The normalized spacial score (nSPS) is 12.6. The standard InChI is InChI=1S/C21H21N3OS2/c1-12(2)14-6-4-7-15(10-14)22-13(3)19-23-20(25)18-16(11-27-21(18)24-19)17-8-5-9-26-17/h4-13,22H,1-3H3,(H,23,24,25)/t13-/m1/s1. The number of benzene rings is 1. The monoisotopic (exact) mass is 395 g/mol. The molecule has 1 aromatic carbocycles. The highest BCUT2D eigenvalue weighted by molar-refractivity contribution is 7.18. The van der Waals surface area contributed by atoms with E-state index in [1.165, 1.54) is 16.9 Å². The summed E-state index contributed by atoms with van der Waals surface area (Å²) in [5.41, 5.74) is 3.20. The number of rotatable bonds is 5. The van der Waals surface area contributed by atoms with Crippen molar-refractivity contribution < 1.29 is 0 Å². The maximum absolute atomic E-state index is 12.8. The van der Waals surface area contributed by atoms with Gasteiger partial charge in [0.2, 0.25) is 0 Å². The molecule has 0 amide bonds. The lowest BCUT2D eigenvalue weighted by Gasteiger charge is -2.16. The lowest BCUT2D eigenvalue weighted by molar-refractivity contribution is 0.791. The summed E-state index contributed by atoms with van der Waals surface area (Å²) in [4.78, 5) is 22.3. The molecule has 3 heterocycles. The van der Waals surface area contributed by atoms with E-state index < -0.39 is 0 Å². The number of anilines is 1. The van der Waals surface area contributed by atoms with Gasteiger partial charge in [0.25, 0.3) is 5.56 Å². The number of nitrogens with one attached hydrogen (secondary N) is 2. The zero-order chi connectivity index (χ0) is 19.0. The SMILES string of the molecule is CC(C)c1cccc(N[C@H](C)c2nc3scc(-c4cccs4)c3c(=O)[nH]2)c1. The molecule has 0 unspecified atom stereocenters. The first kappa shape index (κ1) is 17.9. The summed E-state index contributed by atoms with van der Waals surface area (Å²) in [7, 11) is 0. The zero-order valence-corrected chi connectivity index (χ0v) is 17.1. The maximum Gasteiger partial charge on any atom is 0.260 e. The first-order valence-corrected chi connectivity index (χ1v) is 10.7. The Kier molecular flexibility index (Phi) is 4.85. The summed E-state index contributed by atoms with van der Waals surface area (Å²) in [5.74, 6) is 1.13. The van der Waals surface area contributed by atoms with Crippen LogP contribution in [0.15, 0.2) is 52.0 Å². The molecule has 0 aliphatic rings. The fourth-order valence-corrected chi connectivity index (χ4v) is 4.86. The Hall–Kier alpha value is -2.44. The van der Waals surface area contributed by atoms with Crippen molar-refractivity contribution in [3.63, 3.8) is 0 Å². The van der Waals surface area contributed by atoms with E-state index in [9.17, 15) is 4.79 Å². The summed E-state index contributed by atoms with van der Waals surface area (Å²) < 4.78 is 0. The second-order valence-corrected chi connectivity index (χ2v) is 8.71. The molecule has 0 fully saturated rings. The molecule has 0 aliphatic carbocycles. The van der Waals surface area contributed by atoms with E-state index in [4.69, 9.17) is 4.98 Å². The lowest BCUT2D eigenvalue weighted by atomic mass is 10.0. The van der Waals surface area contributed by atoms with Crippen LogP contribution in [0.5, 0.6) is 0 Å². The predicted octanol–water partition coefficient (Wildman–Crippen LogP) is 6.01. The smallest absolute Gasteiger partial charge is 0.260 e. The Bertz CT molecular complexity index is 1130. The molecule has 4 rings (SSSR count). The molecule has 138 valence electrons. The second kappa shape index (κ2) is 7.29. The molecule has 6 heteroatoms. The van der Waals surface area contributed by atoms with Crippen molar-refractivity contribution in [2.24, 2.45) is 0 Å². The largest absolute Gasteiger partial charge is 0.375 e. The van der Waals surface area contributed by atoms with Gasteiger partial charge < -0.3 is 10.3 Å². The van der Waals surface area contributed by atoms with E-state index in [0.29, 0.717) is 17.1 Å². The van der Waals surface area contributed by atoms with Gasteiger partial charge in [-0.05, 0) is 42.0 Å². The van der Waals surface area contributed by atoms with Crippen LogP contribution in [0.2, 0.25) is 0 Å². The van der Waals surface area contributed by atoms with Crippen molar-refractivity contribution in [3.05, 3.63) is 68.9 Å². The molecule has 0 bridgehead atoms. The molecular weight excluding hydrogens is 374 g/mol. The minimum atomic E-state index is -0.100. The number of hydrogen-bond acceptors (Lipinski definition) is 5. The number of fused-ring (bicyclic) bond motifs is 1. The molecule has 0 radical (unpaired) electrons. The predicted molar refractivity (Wildman–Crippen MR) is 116 cm³/mol. The number of H-pyrrole nitrogens is 1. The summed E-state index contributed by atoms with van der Waals surface area (Å²) in [6.45, 7) is 6.37. The highest BCUT2D eigenvalue weighted by atomic mass is 32.1. The molecule has 0 aliphatic heterocycles. The molecule has 0 saturated heterocycles. The first-order valence-electron chi connectivity index (χ1n) is 8.94. The van der Waals surface area contributed by atoms with E-state index in [2.05, 4.69) is 42.3 Å². The molecule has 4 nitrogen and oxygen atoms in total. The van der Waals surface area contributed by atoms with Gasteiger partial charge in [0.15, 0.2) is 0 Å². The van der Waals surface area contributed by atoms with Crippen molar-refractivity contribution in [3.8, 4) is 10.4 Å². The molecule has 1 atom stereocenters. The van der Waals surface area contributed by atoms with Gasteiger partial charge in [0.05, 0.1) is 11.4 Å². The number of hydrogen-bond donors (Lipinski definition) is 2. The minimum Gasteiger partial charge on any atom is -0.375 e. The third kappa shape index (κ3) is 3.55. The van der Waals surface area contributed by atoms with Gasteiger partial charge in [0, 0.05) is 21.5 Å². The summed E-state index contributed by atoms with van der Waals surface area (Å²) in [6, 6.07) is 12.3. The van der Waals surface area contributed by atoms with E-state index in [-0.39, 0.29) is 11.6 Å². The van der Waals surface area contributed by atoms with Crippen molar-refractivity contribution in [2.75, 3.05) is 5.32 Å². The van der Waals surface area contributed by atoms with Crippen molar-refractivity contribution in [1.29, 1.82) is 0 Å². The fraction of sp³-hybridized carbons (Fsp3) is 0.238. The quantitative estimate of drug-likeness (QED) is 0.435. The molecular formula is C21H21N3OS2. The van der Waals surface area contributed by atoms with Crippen LogP contribution in [0.1, 0.15) is 44.1 Å². The van der Waals surface area contributed by atoms with Crippen LogP contribution in [0.4, 0.5) is 5.69 Å². The summed E-state index contributed by atoms with van der Waals surface area (Å²) in [6.07, 6.45) is 0. The highest BCUT2D eigenvalue weighted by Gasteiger charge is 2.16. The van der Waals surface area contributed by atoms with Gasteiger partial charge in [0.1, 0.15) is 10.7 Å². The Balaban J connectivity index is 1.66. The number of nitrogens with zero attached hydrogens (tertiary/aromatic N) is 1. The van der Waals surface area contributed by atoms with Crippen LogP contribution < -0.4 is 10.9 Å². The molecule has 2 N–H and O–H groups in total. The minimum absolute atomic E-state index is 0.0794.